The summed E-state index contributed by atoms with van der Waals surface area (Å²) in [6.07, 6.45) is 13.8. The zero-order valence-electron chi connectivity index (χ0n) is 13.9. The van der Waals surface area contributed by atoms with E-state index >= 15 is 0 Å². The van der Waals surface area contributed by atoms with Crippen LogP contribution in [0.25, 0.3) is 0 Å². The van der Waals surface area contributed by atoms with E-state index < -0.39 is 0 Å². The molecule has 118 valence electrons. The van der Waals surface area contributed by atoms with Gasteiger partial charge in [-0.2, -0.15) is 0 Å². The molecule has 1 saturated carbocycles. The minimum Gasteiger partial charge on any atom is -0.372 e. The SMILES string of the molecule is CCCNC(C)C(CC)CC1CCC2(CCCCC2)O1. The largest absolute Gasteiger partial charge is 0.372 e. The van der Waals surface area contributed by atoms with E-state index in [1.165, 1.54) is 64.2 Å². The lowest BCUT2D eigenvalue weighted by Crippen LogP contribution is -2.36. The average molecular weight is 281 g/mol. The van der Waals surface area contributed by atoms with Crippen molar-refractivity contribution in [3.05, 3.63) is 0 Å². The van der Waals surface area contributed by atoms with E-state index in [2.05, 4.69) is 26.1 Å². The third-order valence-corrected chi connectivity index (χ3v) is 5.62. The number of hydrogen-bond donors (Lipinski definition) is 1. The van der Waals surface area contributed by atoms with Gasteiger partial charge in [-0.3, -0.25) is 0 Å². The van der Waals surface area contributed by atoms with Crippen molar-refractivity contribution in [2.24, 2.45) is 5.92 Å². The normalized spacial score (nSPS) is 28.6. The molecule has 0 amide bonds. The highest BCUT2D eigenvalue weighted by atomic mass is 16.5. The fourth-order valence-corrected chi connectivity index (χ4v) is 4.23. The Kier molecular flexibility index (Phi) is 6.35. The molecule has 3 unspecified atom stereocenters. The molecule has 0 radical (unpaired) electrons. The van der Waals surface area contributed by atoms with E-state index in [4.69, 9.17) is 4.74 Å². The first-order chi connectivity index (χ1) is 9.69. The molecule has 0 aromatic carbocycles. The summed E-state index contributed by atoms with van der Waals surface area (Å²) in [5.74, 6) is 0.769. The molecule has 20 heavy (non-hydrogen) atoms. The third-order valence-electron chi connectivity index (χ3n) is 5.62. The molecule has 1 heterocycles. The van der Waals surface area contributed by atoms with Crippen LogP contribution in [0, 0.1) is 5.92 Å². The quantitative estimate of drug-likeness (QED) is 0.732. The van der Waals surface area contributed by atoms with Gasteiger partial charge in [-0.05, 0) is 57.9 Å². The van der Waals surface area contributed by atoms with Crippen LogP contribution in [0.5, 0.6) is 0 Å². The summed E-state index contributed by atoms with van der Waals surface area (Å²) in [6.45, 7) is 8.08. The molecular weight excluding hydrogens is 246 g/mol. The van der Waals surface area contributed by atoms with Crippen molar-refractivity contribution in [1.29, 1.82) is 0 Å². The smallest absolute Gasteiger partial charge is 0.0687 e. The van der Waals surface area contributed by atoms with Gasteiger partial charge < -0.3 is 10.1 Å². The summed E-state index contributed by atoms with van der Waals surface area (Å²) < 4.78 is 6.55. The molecule has 2 fully saturated rings. The molecule has 2 aliphatic rings. The minimum atomic E-state index is 0.293. The molecule has 0 aromatic heterocycles. The fraction of sp³-hybridized carbons (Fsp3) is 1.00. The second-order valence-corrected chi connectivity index (χ2v) is 7.17. The first-order valence-corrected chi connectivity index (χ1v) is 9.10. The number of nitrogens with one attached hydrogen (secondary N) is 1. The number of ether oxygens (including phenoxy) is 1. The maximum Gasteiger partial charge on any atom is 0.0687 e. The maximum atomic E-state index is 6.55. The van der Waals surface area contributed by atoms with Crippen LogP contribution in [0.2, 0.25) is 0 Å². The van der Waals surface area contributed by atoms with Gasteiger partial charge in [0.25, 0.3) is 0 Å². The van der Waals surface area contributed by atoms with E-state index in [0.29, 0.717) is 17.7 Å². The van der Waals surface area contributed by atoms with Gasteiger partial charge in [-0.15, -0.1) is 0 Å². The average Bonchev–Trinajstić information content (AvgIpc) is 2.85. The first kappa shape index (κ1) is 16.3. The highest BCUT2D eigenvalue weighted by Gasteiger charge is 2.41. The molecular formula is C18H35NO. The lowest BCUT2D eigenvalue weighted by atomic mass is 9.83. The van der Waals surface area contributed by atoms with Crippen LogP contribution in [0.3, 0.4) is 0 Å². The maximum absolute atomic E-state index is 6.55. The molecule has 2 rings (SSSR count). The molecule has 0 bridgehead atoms. The van der Waals surface area contributed by atoms with Gasteiger partial charge in [0.2, 0.25) is 0 Å². The van der Waals surface area contributed by atoms with Crippen molar-refractivity contribution in [2.45, 2.75) is 103 Å². The molecule has 1 aliphatic heterocycles. The van der Waals surface area contributed by atoms with E-state index in [-0.39, 0.29) is 0 Å². The summed E-state index contributed by atoms with van der Waals surface area (Å²) in [5.41, 5.74) is 0.293. The highest BCUT2D eigenvalue weighted by molar-refractivity contribution is 4.92. The summed E-state index contributed by atoms with van der Waals surface area (Å²) in [7, 11) is 0. The second-order valence-electron chi connectivity index (χ2n) is 7.17. The Morgan fingerprint density at radius 1 is 1.15 bits per heavy atom. The van der Waals surface area contributed by atoms with E-state index in [1.54, 1.807) is 0 Å². The van der Waals surface area contributed by atoms with Crippen LogP contribution in [-0.4, -0.2) is 24.3 Å². The van der Waals surface area contributed by atoms with Crippen molar-refractivity contribution in [3.8, 4) is 0 Å². The lowest BCUT2D eigenvalue weighted by Gasteiger charge is -2.34. The molecule has 2 heteroatoms. The van der Waals surface area contributed by atoms with Gasteiger partial charge in [0.1, 0.15) is 0 Å². The molecule has 1 saturated heterocycles. The highest BCUT2D eigenvalue weighted by Crippen LogP contribution is 2.43. The van der Waals surface area contributed by atoms with Crippen molar-refractivity contribution < 1.29 is 4.74 Å². The molecule has 1 N–H and O–H groups in total. The standard InChI is InChI=1S/C18H35NO/c1-4-13-19-15(3)16(5-2)14-17-9-12-18(20-17)10-7-6-8-11-18/h15-17,19H,4-14H2,1-3H3. The van der Waals surface area contributed by atoms with Crippen molar-refractivity contribution >= 4 is 0 Å². The fourth-order valence-electron chi connectivity index (χ4n) is 4.23. The monoisotopic (exact) mass is 281 g/mol. The van der Waals surface area contributed by atoms with Gasteiger partial charge >= 0.3 is 0 Å². The topological polar surface area (TPSA) is 21.3 Å². The molecule has 2 nitrogen and oxygen atoms in total. The van der Waals surface area contributed by atoms with Crippen LogP contribution in [0.4, 0.5) is 0 Å². The van der Waals surface area contributed by atoms with Gasteiger partial charge in [0.15, 0.2) is 0 Å². The summed E-state index contributed by atoms with van der Waals surface area (Å²) in [6, 6.07) is 0.631. The van der Waals surface area contributed by atoms with Crippen LogP contribution in [0.1, 0.15) is 85.0 Å². The summed E-state index contributed by atoms with van der Waals surface area (Å²) in [4.78, 5) is 0. The van der Waals surface area contributed by atoms with Crippen LogP contribution in [-0.2, 0) is 4.74 Å². The van der Waals surface area contributed by atoms with Gasteiger partial charge in [0.05, 0.1) is 11.7 Å². The molecule has 1 spiro atoms. The van der Waals surface area contributed by atoms with Crippen LogP contribution >= 0.6 is 0 Å². The number of rotatable bonds is 7. The van der Waals surface area contributed by atoms with E-state index in [1.807, 2.05) is 0 Å². The van der Waals surface area contributed by atoms with Crippen LogP contribution in [0.15, 0.2) is 0 Å². The summed E-state index contributed by atoms with van der Waals surface area (Å²) >= 11 is 0. The van der Waals surface area contributed by atoms with Gasteiger partial charge in [-0.1, -0.05) is 39.5 Å². The Morgan fingerprint density at radius 2 is 1.90 bits per heavy atom. The van der Waals surface area contributed by atoms with Crippen LogP contribution < -0.4 is 5.32 Å². The predicted octanol–water partition coefficient (Wildman–Crippen LogP) is 4.67. The summed E-state index contributed by atoms with van der Waals surface area (Å²) in [5, 5.41) is 3.67. The molecule has 1 aliphatic carbocycles. The van der Waals surface area contributed by atoms with Crippen molar-refractivity contribution in [1.82, 2.24) is 5.32 Å². The second kappa shape index (κ2) is 7.79. The molecule has 3 atom stereocenters. The Morgan fingerprint density at radius 3 is 2.55 bits per heavy atom. The zero-order chi connectivity index (χ0) is 14.4. The Balaban J connectivity index is 1.80. The molecule has 0 aromatic rings. The van der Waals surface area contributed by atoms with E-state index in [9.17, 15) is 0 Å². The third kappa shape index (κ3) is 4.21. The lowest BCUT2D eigenvalue weighted by molar-refractivity contribution is -0.0710. The predicted molar refractivity (Wildman–Crippen MR) is 86.1 cm³/mol. The van der Waals surface area contributed by atoms with E-state index in [0.717, 1.165) is 12.5 Å². The van der Waals surface area contributed by atoms with Crippen molar-refractivity contribution in [3.63, 3.8) is 0 Å². The Bertz CT molecular complexity index is 273. The van der Waals surface area contributed by atoms with Gasteiger partial charge in [-0.25, -0.2) is 0 Å². The zero-order valence-corrected chi connectivity index (χ0v) is 13.9. The van der Waals surface area contributed by atoms with Gasteiger partial charge in [0, 0.05) is 6.04 Å². The van der Waals surface area contributed by atoms with Crippen molar-refractivity contribution in [2.75, 3.05) is 6.54 Å². The Labute approximate surface area is 126 Å². The first-order valence-electron chi connectivity index (χ1n) is 9.10. The Hall–Kier alpha value is -0.0800. The number of hydrogen-bond acceptors (Lipinski definition) is 2. The minimum absolute atomic E-state index is 0.293.